The van der Waals surface area contributed by atoms with Gasteiger partial charge in [0.15, 0.2) is 0 Å². The average Bonchev–Trinajstić information content (AvgIpc) is 2.63. The second-order valence-corrected chi connectivity index (χ2v) is 9.32. The van der Waals surface area contributed by atoms with Gasteiger partial charge in [0.1, 0.15) is 0 Å². The third-order valence-corrected chi connectivity index (χ3v) is 6.62. The van der Waals surface area contributed by atoms with Gasteiger partial charge in [0.25, 0.3) is 0 Å². The fourth-order valence-electron chi connectivity index (χ4n) is 3.92. The fourth-order valence-corrected chi connectivity index (χ4v) is 5.60. The second-order valence-electron chi connectivity index (χ2n) is 7.32. The van der Waals surface area contributed by atoms with Crippen molar-refractivity contribution in [3.63, 3.8) is 0 Å². The van der Waals surface area contributed by atoms with Crippen LogP contribution >= 0.6 is 27.7 Å². The van der Waals surface area contributed by atoms with Gasteiger partial charge in [-0.3, -0.25) is 0 Å². The van der Waals surface area contributed by atoms with Crippen LogP contribution in [0.1, 0.15) is 20.3 Å². The van der Waals surface area contributed by atoms with Crippen molar-refractivity contribution in [3.8, 4) is 0 Å². The number of benzene rings is 2. The fraction of sp³-hybridized carbons (Fsp3) is 0.429. The van der Waals surface area contributed by atoms with E-state index in [1.807, 2.05) is 11.8 Å². The Morgan fingerprint density at radius 1 is 1.07 bits per heavy atom. The predicted octanol–water partition coefficient (Wildman–Crippen LogP) is 5.01. The smallest absolute Gasteiger partial charge is 0.0726 e. The lowest BCUT2D eigenvalue weighted by atomic mass is 10.1. The summed E-state index contributed by atoms with van der Waals surface area (Å²) in [6, 6.07) is 13.4. The predicted molar refractivity (Wildman–Crippen MR) is 118 cm³/mol. The van der Waals surface area contributed by atoms with E-state index in [1.165, 1.54) is 26.9 Å². The molecular formula is C21H26BrN3OS. The van der Waals surface area contributed by atoms with Gasteiger partial charge in [0.2, 0.25) is 0 Å². The van der Waals surface area contributed by atoms with Gasteiger partial charge in [-0.1, -0.05) is 27.7 Å². The summed E-state index contributed by atoms with van der Waals surface area (Å²) in [5.41, 5.74) is 9.63. The third-order valence-electron chi connectivity index (χ3n) is 5.04. The summed E-state index contributed by atoms with van der Waals surface area (Å²) in [7, 11) is 0. The Hall–Kier alpha value is -1.21. The summed E-state index contributed by atoms with van der Waals surface area (Å²) >= 11 is 5.47. The molecule has 4 rings (SSSR count). The molecule has 1 saturated heterocycles. The Kier molecular flexibility index (Phi) is 5.69. The number of anilines is 3. The monoisotopic (exact) mass is 447 g/mol. The molecule has 2 N–H and O–H groups in total. The topological polar surface area (TPSA) is 41.7 Å². The van der Waals surface area contributed by atoms with E-state index < -0.39 is 0 Å². The highest BCUT2D eigenvalue weighted by Crippen LogP contribution is 2.50. The number of nitrogens with two attached hydrogens (primary N) is 1. The molecule has 2 aliphatic heterocycles. The summed E-state index contributed by atoms with van der Waals surface area (Å²) in [5.74, 6) is 0. The Morgan fingerprint density at radius 2 is 1.74 bits per heavy atom. The minimum absolute atomic E-state index is 0.259. The van der Waals surface area contributed by atoms with Crippen LogP contribution in [0.2, 0.25) is 0 Å². The molecule has 0 aliphatic carbocycles. The minimum Gasteiger partial charge on any atom is -0.372 e. The van der Waals surface area contributed by atoms with Crippen LogP contribution in [0.15, 0.2) is 50.7 Å². The van der Waals surface area contributed by atoms with Crippen molar-refractivity contribution in [1.29, 1.82) is 0 Å². The highest BCUT2D eigenvalue weighted by molar-refractivity contribution is 9.10. The lowest BCUT2D eigenvalue weighted by molar-refractivity contribution is -0.00522. The molecule has 0 aromatic heterocycles. The number of nitrogens with zero attached hydrogens (tertiary/aromatic N) is 2. The number of fused-ring (bicyclic) bond motifs is 2. The van der Waals surface area contributed by atoms with Gasteiger partial charge in [-0.25, -0.2) is 0 Å². The van der Waals surface area contributed by atoms with Crippen molar-refractivity contribution < 1.29 is 4.74 Å². The zero-order valence-electron chi connectivity index (χ0n) is 15.8. The van der Waals surface area contributed by atoms with Crippen molar-refractivity contribution in [1.82, 2.24) is 0 Å². The molecule has 2 unspecified atom stereocenters. The molecule has 2 aromatic rings. The highest BCUT2D eigenvalue weighted by atomic mass is 79.9. The molecule has 27 heavy (non-hydrogen) atoms. The first kappa shape index (κ1) is 19.1. The number of rotatable bonds is 4. The summed E-state index contributed by atoms with van der Waals surface area (Å²) in [4.78, 5) is 7.45. The molecule has 144 valence electrons. The van der Waals surface area contributed by atoms with Crippen molar-refractivity contribution in [3.05, 3.63) is 40.9 Å². The standard InChI is InChI=1S/C21H26BrN3OS/c1-14-12-24(13-15(2)26-14)17-5-7-19-21(11-17)27-20-10-16(22)4-6-18(20)25(19)9-3-8-23/h4-7,10-11,14-15H,3,8-9,12-13,23H2,1-2H3. The van der Waals surface area contributed by atoms with Crippen LogP contribution < -0.4 is 15.5 Å². The van der Waals surface area contributed by atoms with E-state index >= 15 is 0 Å². The van der Waals surface area contributed by atoms with Crippen LogP contribution in [0, 0.1) is 0 Å². The maximum atomic E-state index is 5.90. The first-order valence-corrected chi connectivity index (χ1v) is 11.2. The zero-order chi connectivity index (χ0) is 19.0. The molecule has 0 radical (unpaired) electrons. The molecule has 2 aromatic carbocycles. The number of morpholine rings is 1. The number of ether oxygens (including phenoxy) is 1. The maximum Gasteiger partial charge on any atom is 0.0726 e. The number of halogens is 1. The highest BCUT2D eigenvalue weighted by Gasteiger charge is 2.26. The van der Waals surface area contributed by atoms with Crippen molar-refractivity contribution in [2.24, 2.45) is 5.73 Å². The van der Waals surface area contributed by atoms with Gasteiger partial charge in [0.05, 0.1) is 23.6 Å². The molecule has 6 heteroatoms. The van der Waals surface area contributed by atoms with E-state index in [-0.39, 0.29) is 12.2 Å². The Bertz CT molecular complexity index is 821. The van der Waals surface area contributed by atoms with E-state index in [0.717, 1.165) is 30.5 Å². The lowest BCUT2D eigenvalue weighted by Crippen LogP contribution is -2.45. The summed E-state index contributed by atoms with van der Waals surface area (Å²) in [6.07, 6.45) is 1.49. The molecular weight excluding hydrogens is 422 g/mol. The van der Waals surface area contributed by atoms with Gasteiger partial charge in [-0.05, 0) is 63.2 Å². The normalized spacial score (nSPS) is 21.8. The van der Waals surface area contributed by atoms with Crippen LogP contribution in [0.4, 0.5) is 17.1 Å². The SMILES string of the molecule is CC1CN(c2ccc3c(c2)Sc2cc(Br)ccc2N3CCCN)CC(C)O1. The van der Waals surface area contributed by atoms with Gasteiger partial charge in [0, 0.05) is 39.6 Å². The Balaban J connectivity index is 1.69. The summed E-state index contributed by atoms with van der Waals surface area (Å²) in [5, 5.41) is 0. The van der Waals surface area contributed by atoms with Crippen molar-refractivity contribution in [2.45, 2.75) is 42.3 Å². The molecule has 0 amide bonds. The second kappa shape index (κ2) is 8.03. The Labute approximate surface area is 174 Å². The zero-order valence-corrected chi connectivity index (χ0v) is 18.2. The molecule has 0 spiro atoms. The third kappa shape index (κ3) is 3.99. The van der Waals surface area contributed by atoms with Gasteiger partial charge < -0.3 is 20.3 Å². The van der Waals surface area contributed by atoms with E-state index in [4.69, 9.17) is 10.5 Å². The molecule has 4 nitrogen and oxygen atoms in total. The molecule has 2 aliphatic rings. The van der Waals surface area contributed by atoms with Gasteiger partial charge >= 0.3 is 0 Å². The maximum absolute atomic E-state index is 5.90. The quantitative estimate of drug-likeness (QED) is 0.712. The van der Waals surface area contributed by atoms with Crippen molar-refractivity contribution in [2.75, 3.05) is 36.0 Å². The first-order chi connectivity index (χ1) is 13.0. The van der Waals surface area contributed by atoms with E-state index in [0.29, 0.717) is 6.54 Å². The summed E-state index contributed by atoms with van der Waals surface area (Å²) < 4.78 is 7.01. The van der Waals surface area contributed by atoms with Gasteiger partial charge in [-0.2, -0.15) is 0 Å². The molecule has 2 heterocycles. The van der Waals surface area contributed by atoms with Crippen LogP contribution in [0.3, 0.4) is 0 Å². The lowest BCUT2D eigenvalue weighted by Gasteiger charge is -2.38. The van der Waals surface area contributed by atoms with E-state index in [9.17, 15) is 0 Å². The Morgan fingerprint density at radius 3 is 2.44 bits per heavy atom. The first-order valence-electron chi connectivity index (χ1n) is 9.54. The van der Waals surface area contributed by atoms with E-state index in [1.54, 1.807) is 0 Å². The molecule has 2 atom stereocenters. The average molecular weight is 448 g/mol. The van der Waals surface area contributed by atoms with Crippen LogP contribution in [-0.2, 0) is 4.74 Å². The number of hydrogen-bond donors (Lipinski definition) is 1. The van der Waals surface area contributed by atoms with Crippen LogP contribution in [-0.4, -0.2) is 38.4 Å². The molecule has 0 bridgehead atoms. The number of hydrogen-bond acceptors (Lipinski definition) is 5. The summed E-state index contributed by atoms with van der Waals surface area (Å²) in [6.45, 7) is 7.81. The van der Waals surface area contributed by atoms with Gasteiger partial charge in [-0.15, -0.1) is 0 Å². The largest absolute Gasteiger partial charge is 0.372 e. The van der Waals surface area contributed by atoms with Crippen LogP contribution in [0.5, 0.6) is 0 Å². The van der Waals surface area contributed by atoms with E-state index in [2.05, 4.69) is 76.0 Å². The molecule has 0 saturated carbocycles. The van der Waals surface area contributed by atoms with Crippen molar-refractivity contribution >= 4 is 44.8 Å². The van der Waals surface area contributed by atoms with Crippen LogP contribution in [0.25, 0.3) is 0 Å². The molecule has 1 fully saturated rings. The minimum atomic E-state index is 0.259.